The van der Waals surface area contributed by atoms with E-state index in [4.69, 9.17) is 0 Å². The third-order valence-electron chi connectivity index (χ3n) is 3.74. The number of rotatable bonds is 3. The molecule has 0 bridgehead atoms. The smallest absolute Gasteiger partial charge is 0.335 e. The summed E-state index contributed by atoms with van der Waals surface area (Å²) < 4.78 is 13.2. The quantitative estimate of drug-likeness (QED) is 0.941. The molecule has 5 heteroatoms. The maximum Gasteiger partial charge on any atom is 0.335 e. The first-order valence-electron chi connectivity index (χ1n) is 6.79. The number of carboxylic acid groups (broad SMARTS) is 1. The Morgan fingerprint density at radius 1 is 1.38 bits per heavy atom. The summed E-state index contributed by atoms with van der Waals surface area (Å²) in [5.74, 6) is -1.22. The first kappa shape index (κ1) is 13.7. The molecule has 108 valence electrons. The fourth-order valence-corrected chi connectivity index (χ4v) is 2.80. The molecule has 0 unspecified atom stereocenters. The predicted octanol–water partition coefficient (Wildman–Crippen LogP) is 2.48. The van der Waals surface area contributed by atoms with Gasteiger partial charge >= 0.3 is 5.97 Å². The van der Waals surface area contributed by atoms with Crippen molar-refractivity contribution in [2.45, 2.75) is 19.5 Å². The molecule has 1 aliphatic rings. The molecule has 21 heavy (non-hydrogen) atoms. The van der Waals surface area contributed by atoms with E-state index in [1.165, 1.54) is 12.3 Å². The van der Waals surface area contributed by atoms with Gasteiger partial charge in [0, 0.05) is 25.8 Å². The lowest BCUT2D eigenvalue weighted by Crippen LogP contribution is -2.31. The third kappa shape index (κ3) is 2.92. The van der Waals surface area contributed by atoms with E-state index in [1.54, 1.807) is 18.3 Å². The second-order valence-corrected chi connectivity index (χ2v) is 5.22. The average molecular weight is 286 g/mol. The number of hydrogen-bond acceptors (Lipinski definition) is 3. The lowest BCUT2D eigenvalue weighted by Gasteiger charge is -2.29. The predicted molar refractivity (Wildman–Crippen MR) is 75.4 cm³/mol. The Hall–Kier alpha value is -2.27. The van der Waals surface area contributed by atoms with Crippen LogP contribution in [0.1, 0.15) is 27.0 Å². The minimum absolute atomic E-state index is 0.335. The second kappa shape index (κ2) is 5.61. The summed E-state index contributed by atoms with van der Waals surface area (Å²) in [4.78, 5) is 17.2. The average Bonchev–Trinajstić information content (AvgIpc) is 2.46. The number of aromatic nitrogens is 1. The fourth-order valence-electron chi connectivity index (χ4n) is 2.80. The van der Waals surface area contributed by atoms with E-state index in [-0.39, 0.29) is 5.82 Å². The van der Waals surface area contributed by atoms with Gasteiger partial charge in [-0.1, -0.05) is 12.1 Å². The highest BCUT2D eigenvalue weighted by molar-refractivity contribution is 5.89. The van der Waals surface area contributed by atoms with E-state index in [2.05, 4.69) is 9.88 Å². The molecule has 3 rings (SSSR count). The Morgan fingerprint density at radius 3 is 3.00 bits per heavy atom. The van der Waals surface area contributed by atoms with Gasteiger partial charge in [0.1, 0.15) is 5.82 Å². The van der Waals surface area contributed by atoms with E-state index in [1.807, 2.05) is 6.07 Å². The van der Waals surface area contributed by atoms with Gasteiger partial charge in [-0.25, -0.2) is 9.18 Å². The minimum Gasteiger partial charge on any atom is -0.478 e. The van der Waals surface area contributed by atoms with Crippen LogP contribution in [0, 0.1) is 5.82 Å². The van der Waals surface area contributed by atoms with E-state index in [9.17, 15) is 14.3 Å². The zero-order valence-electron chi connectivity index (χ0n) is 11.4. The van der Waals surface area contributed by atoms with Gasteiger partial charge in [0.25, 0.3) is 0 Å². The number of fused-ring (bicyclic) bond motifs is 1. The molecule has 0 spiro atoms. The fraction of sp³-hybridized carbons (Fsp3) is 0.250. The van der Waals surface area contributed by atoms with Gasteiger partial charge in [0.05, 0.1) is 11.8 Å². The summed E-state index contributed by atoms with van der Waals surface area (Å²) >= 11 is 0. The monoisotopic (exact) mass is 286 g/mol. The van der Waals surface area contributed by atoms with E-state index < -0.39 is 5.97 Å². The number of carbonyl (C=O) groups is 1. The summed E-state index contributed by atoms with van der Waals surface area (Å²) in [7, 11) is 0. The first-order valence-corrected chi connectivity index (χ1v) is 6.79. The van der Waals surface area contributed by atoms with Crippen molar-refractivity contribution in [1.82, 2.24) is 9.88 Å². The molecule has 1 aliphatic heterocycles. The molecule has 1 N–H and O–H groups in total. The van der Waals surface area contributed by atoms with Gasteiger partial charge in [0.2, 0.25) is 0 Å². The number of benzene rings is 1. The van der Waals surface area contributed by atoms with Gasteiger partial charge < -0.3 is 5.11 Å². The Balaban J connectivity index is 1.79. The summed E-state index contributed by atoms with van der Waals surface area (Å²) in [5, 5.41) is 9.21. The Kier molecular flexibility index (Phi) is 3.66. The third-order valence-corrected chi connectivity index (χ3v) is 3.74. The lowest BCUT2D eigenvalue weighted by atomic mass is 9.94. The normalized spacial score (nSPS) is 14.7. The minimum atomic E-state index is -0.880. The molecule has 0 atom stereocenters. The molecule has 0 fully saturated rings. The Labute approximate surface area is 121 Å². The van der Waals surface area contributed by atoms with Gasteiger partial charge in [-0.05, 0) is 35.2 Å². The molecule has 1 aromatic heterocycles. The molecule has 0 aliphatic carbocycles. The molecular formula is C16H15FN2O2. The van der Waals surface area contributed by atoms with E-state index >= 15 is 0 Å². The lowest BCUT2D eigenvalue weighted by molar-refractivity contribution is 0.0694. The first-order chi connectivity index (χ1) is 10.1. The summed E-state index contributed by atoms with van der Waals surface area (Å²) in [5.41, 5.74) is 3.16. The van der Waals surface area contributed by atoms with Crippen LogP contribution >= 0.6 is 0 Å². The van der Waals surface area contributed by atoms with Crippen LogP contribution in [0.15, 0.2) is 36.7 Å². The maximum absolute atomic E-state index is 13.2. The van der Waals surface area contributed by atoms with Gasteiger partial charge in [-0.2, -0.15) is 0 Å². The number of pyridine rings is 1. The number of nitrogens with zero attached hydrogens (tertiary/aromatic N) is 2. The van der Waals surface area contributed by atoms with E-state index in [0.717, 1.165) is 23.2 Å². The molecule has 0 saturated heterocycles. The van der Waals surface area contributed by atoms with Crippen molar-refractivity contribution in [1.29, 1.82) is 0 Å². The van der Waals surface area contributed by atoms with E-state index in [0.29, 0.717) is 25.1 Å². The van der Waals surface area contributed by atoms with Gasteiger partial charge in [0.15, 0.2) is 0 Å². The highest BCUT2D eigenvalue weighted by Gasteiger charge is 2.21. The summed E-state index contributed by atoms with van der Waals surface area (Å²) in [6.07, 6.45) is 3.54. The molecule has 0 amide bonds. The zero-order chi connectivity index (χ0) is 14.8. The van der Waals surface area contributed by atoms with Crippen LogP contribution in [0.5, 0.6) is 0 Å². The molecule has 0 saturated carbocycles. The number of aromatic carboxylic acids is 1. The topological polar surface area (TPSA) is 53.4 Å². The zero-order valence-corrected chi connectivity index (χ0v) is 11.4. The van der Waals surface area contributed by atoms with Crippen molar-refractivity contribution < 1.29 is 14.3 Å². The summed E-state index contributed by atoms with van der Waals surface area (Å²) in [6.45, 7) is 2.04. The van der Waals surface area contributed by atoms with Crippen LogP contribution < -0.4 is 0 Å². The van der Waals surface area contributed by atoms with Crippen LogP contribution in [0.25, 0.3) is 0 Å². The van der Waals surface area contributed by atoms with Gasteiger partial charge in [-0.3, -0.25) is 9.88 Å². The van der Waals surface area contributed by atoms with Crippen LogP contribution in [0.4, 0.5) is 4.39 Å². The maximum atomic E-state index is 13.2. The largest absolute Gasteiger partial charge is 0.478 e. The van der Waals surface area contributed by atoms with Crippen molar-refractivity contribution in [3.63, 3.8) is 0 Å². The molecule has 0 radical (unpaired) electrons. The SMILES string of the molecule is O=C(O)c1cccc2c1CCN(Cc1cncc(F)c1)C2. The molecule has 2 aromatic rings. The second-order valence-electron chi connectivity index (χ2n) is 5.22. The highest BCUT2D eigenvalue weighted by atomic mass is 19.1. The molecule has 4 nitrogen and oxygen atoms in total. The van der Waals surface area contributed by atoms with Crippen molar-refractivity contribution in [2.75, 3.05) is 6.54 Å². The van der Waals surface area contributed by atoms with Crippen molar-refractivity contribution in [3.05, 3.63) is 64.7 Å². The van der Waals surface area contributed by atoms with Crippen molar-refractivity contribution in [3.8, 4) is 0 Å². The number of hydrogen-bond donors (Lipinski definition) is 1. The van der Waals surface area contributed by atoms with Crippen LogP contribution in [0.2, 0.25) is 0 Å². The standard InChI is InChI=1S/C16H15FN2O2/c17-13-6-11(7-18-8-13)9-19-5-4-14-12(10-19)2-1-3-15(14)16(20)21/h1-3,6-8H,4-5,9-10H2,(H,20,21). The number of carboxylic acids is 1. The van der Waals surface area contributed by atoms with Crippen LogP contribution in [-0.2, 0) is 19.5 Å². The summed E-state index contributed by atoms with van der Waals surface area (Å²) in [6, 6.07) is 6.86. The van der Waals surface area contributed by atoms with Crippen LogP contribution in [0.3, 0.4) is 0 Å². The molecule has 1 aromatic carbocycles. The van der Waals surface area contributed by atoms with Gasteiger partial charge in [-0.15, -0.1) is 0 Å². The highest BCUT2D eigenvalue weighted by Crippen LogP contribution is 2.23. The Bertz CT molecular complexity index is 688. The van der Waals surface area contributed by atoms with Crippen LogP contribution in [-0.4, -0.2) is 27.5 Å². The van der Waals surface area contributed by atoms with Crippen molar-refractivity contribution >= 4 is 5.97 Å². The number of halogens is 1. The molecular weight excluding hydrogens is 271 g/mol. The van der Waals surface area contributed by atoms with Crippen molar-refractivity contribution in [2.24, 2.45) is 0 Å². The molecule has 2 heterocycles. The Morgan fingerprint density at radius 2 is 2.24 bits per heavy atom.